The molecule has 2 aromatic carbocycles. The standard InChI is InChI=1S/C17H16BrNO3/c1-19(11-13-5-3-2-4-6-13)16(20)12-22-17(21)14-7-9-15(18)10-8-14/h2-10H,11-12H2,1H3. The van der Waals surface area contributed by atoms with Crippen LogP contribution in [0.3, 0.4) is 0 Å². The molecule has 0 N–H and O–H groups in total. The summed E-state index contributed by atoms with van der Waals surface area (Å²) in [7, 11) is 1.68. The van der Waals surface area contributed by atoms with Crippen molar-refractivity contribution in [3.8, 4) is 0 Å². The third-order valence-electron chi connectivity index (χ3n) is 3.09. The second-order valence-electron chi connectivity index (χ2n) is 4.82. The quantitative estimate of drug-likeness (QED) is 0.767. The second-order valence-corrected chi connectivity index (χ2v) is 5.73. The number of carbonyl (C=O) groups excluding carboxylic acids is 2. The van der Waals surface area contributed by atoms with Crippen LogP contribution in [0.2, 0.25) is 0 Å². The van der Waals surface area contributed by atoms with Crippen molar-refractivity contribution >= 4 is 27.8 Å². The van der Waals surface area contributed by atoms with Crippen molar-refractivity contribution in [1.29, 1.82) is 0 Å². The largest absolute Gasteiger partial charge is 0.452 e. The van der Waals surface area contributed by atoms with Gasteiger partial charge in [0.1, 0.15) is 0 Å². The fraction of sp³-hybridized carbons (Fsp3) is 0.176. The number of carbonyl (C=O) groups is 2. The molecule has 114 valence electrons. The van der Waals surface area contributed by atoms with Gasteiger partial charge in [0, 0.05) is 18.1 Å². The van der Waals surface area contributed by atoms with E-state index in [0.717, 1.165) is 10.0 Å². The monoisotopic (exact) mass is 361 g/mol. The predicted molar refractivity (Wildman–Crippen MR) is 87.3 cm³/mol. The van der Waals surface area contributed by atoms with Gasteiger partial charge in [-0.2, -0.15) is 0 Å². The van der Waals surface area contributed by atoms with Crippen molar-refractivity contribution in [3.63, 3.8) is 0 Å². The summed E-state index contributed by atoms with van der Waals surface area (Å²) in [5.41, 5.74) is 1.44. The van der Waals surface area contributed by atoms with Crippen molar-refractivity contribution in [1.82, 2.24) is 4.90 Å². The van der Waals surface area contributed by atoms with E-state index in [2.05, 4.69) is 15.9 Å². The smallest absolute Gasteiger partial charge is 0.338 e. The summed E-state index contributed by atoms with van der Waals surface area (Å²) in [5, 5.41) is 0. The zero-order valence-corrected chi connectivity index (χ0v) is 13.7. The van der Waals surface area contributed by atoms with E-state index in [4.69, 9.17) is 4.74 Å². The van der Waals surface area contributed by atoms with Crippen molar-refractivity contribution in [2.45, 2.75) is 6.54 Å². The fourth-order valence-corrected chi connectivity index (χ4v) is 2.12. The van der Waals surface area contributed by atoms with Gasteiger partial charge in [-0.15, -0.1) is 0 Å². The molecular weight excluding hydrogens is 346 g/mol. The Morgan fingerprint density at radius 3 is 2.32 bits per heavy atom. The van der Waals surface area contributed by atoms with Crippen LogP contribution in [0.15, 0.2) is 59.1 Å². The van der Waals surface area contributed by atoms with E-state index >= 15 is 0 Å². The van der Waals surface area contributed by atoms with Gasteiger partial charge in [-0.3, -0.25) is 4.79 Å². The summed E-state index contributed by atoms with van der Waals surface area (Å²) in [5.74, 6) is -0.747. The number of halogens is 1. The molecule has 0 atom stereocenters. The van der Waals surface area contributed by atoms with Crippen LogP contribution in [0.5, 0.6) is 0 Å². The summed E-state index contributed by atoms with van der Waals surface area (Å²) >= 11 is 3.29. The lowest BCUT2D eigenvalue weighted by molar-refractivity contribution is -0.133. The van der Waals surface area contributed by atoms with Gasteiger partial charge >= 0.3 is 5.97 Å². The number of esters is 1. The van der Waals surface area contributed by atoms with Gasteiger partial charge in [0.25, 0.3) is 5.91 Å². The van der Waals surface area contributed by atoms with Gasteiger partial charge in [0.15, 0.2) is 6.61 Å². The van der Waals surface area contributed by atoms with Crippen LogP contribution in [0.4, 0.5) is 0 Å². The Kier molecular flexibility index (Phi) is 5.72. The highest BCUT2D eigenvalue weighted by molar-refractivity contribution is 9.10. The SMILES string of the molecule is CN(Cc1ccccc1)C(=O)COC(=O)c1ccc(Br)cc1. The molecule has 0 aliphatic heterocycles. The van der Waals surface area contributed by atoms with E-state index in [1.54, 1.807) is 31.3 Å². The number of hydrogen-bond acceptors (Lipinski definition) is 3. The first-order valence-corrected chi connectivity index (χ1v) is 7.56. The zero-order chi connectivity index (χ0) is 15.9. The van der Waals surface area contributed by atoms with Gasteiger partial charge in [0.05, 0.1) is 5.56 Å². The minimum absolute atomic E-state index is 0.241. The summed E-state index contributed by atoms with van der Waals surface area (Å²) in [6.07, 6.45) is 0. The molecule has 0 aromatic heterocycles. The molecule has 22 heavy (non-hydrogen) atoms. The first-order valence-electron chi connectivity index (χ1n) is 6.77. The molecule has 0 heterocycles. The number of nitrogens with zero attached hydrogens (tertiary/aromatic N) is 1. The van der Waals surface area contributed by atoms with Crippen LogP contribution in [0.1, 0.15) is 15.9 Å². The normalized spacial score (nSPS) is 10.1. The summed E-state index contributed by atoms with van der Waals surface area (Å²) in [6, 6.07) is 16.4. The molecule has 0 aliphatic rings. The first kappa shape index (κ1) is 16.2. The molecule has 0 spiro atoms. The number of benzene rings is 2. The highest BCUT2D eigenvalue weighted by Crippen LogP contribution is 2.11. The number of likely N-dealkylation sites (N-methyl/N-ethyl adjacent to an activating group) is 1. The van der Waals surface area contributed by atoms with E-state index < -0.39 is 5.97 Å². The van der Waals surface area contributed by atoms with E-state index in [1.807, 2.05) is 30.3 Å². The molecule has 0 bridgehead atoms. The highest BCUT2D eigenvalue weighted by atomic mass is 79.9. The lowest BCUT2D eigenvalue weighted by Crippen LogP contribution is -2.30. The van der Waals surface area contributed by atoms with E-state index in [1.165, 1.54) is 4.90 Å². The van der Waals surface area contributed by atoms with E-state index in [9.17, 15) is 9.59 Å². The Hall–Kier alpha value is -2.14. The van der Waals surface area contributed by atoms with Gasteiger partial charge in [-0.1, -0.05) is 46.3 Å². The Morgan fingerprint density at radius 2 is 1.68 bits per heavy atom. The number of amides is 1. The fourth-order valence-electron chi connectivity index (χ4n) is 1.85. The van der Waals surface area contributed by atoms with Crippen molar-refractivity contribution < 1.29 is 14.3 Å². The first-order chi connectivity index (χ1) is 10.6. The van der Waals surface area contributed by atoms with Crippen LogP contribution >= 0.6 is 15.9 Å². The Labute approximate surface area is 137 Å². The minimum atomic E-state index is -0.506. The van der Waals surface area contributed by atoms with Crippen LogP contribution in [-0.2, 0) is 16.1 Å². The predicted octanol–water partition coefficient (Wildman–Crippen LogP) is 3.26. The Morgan fingerprint density at radius 1 is 1.05 bits per heavy atom. The molecule has 0 aliphatic carbocycles. The van der Waals surface area contributed by atoms with Gasteiger partial charge in [0.2, 0.25) is 0 Å². The lowest BCUT2D eigenvalue weighted by atomic mass is 10.2. The van der Waals surface area contributed by atoms with Crippen LogP contribution in [-0.4, -0.2) is 30.4 Å². The highest BCUT2D eigenvalue weighted by Gasteiger charge is 2.13. The molecule has 0 saturated carbocycles. The number of rotatable bonds is 5. The molecule has 0 saturated heterocycles. The third kappa shape index (κ3) is 4.70. The molecule has 0 unspecified atom stereocenters. The summed E-state index contributed by atoms with van der Waals surface area (Å²) in [6.45, 7) is 0.216. The van der Waals surface area contributed by atoms with Gasteiger partial charge in [-0.05, 0) is 29.8 Å². The molecule has 2 rings (SSSR count). The van der Waals surface area contributed by atoms with E-state index in [0.29, 0.717) is 12.1 Å². The van der Waals surface area contributed by atoms with Crippen LogP contribution < -0.4 is 0 Å². The molecule has 1 amide bonds. The Bertz CT molecular complexity index is 641. The van der Waals surface area contributed by atoms with Gasteiger partial charge in [-0.25, -0.2) is 4.79 Å². The van der Waals surface area contributed by atoms with E-state index in [-0.39, 0.29) is 12.5 Å². The molecule has 5 heteroatoms. The third-order valence-corrected chi connectivity index (χ3v) is 3.62. The average molecular weight is 362 g/mol. The average Bonchev–Trinajstić information content (AvgIpc) is 2.53. The number of hydrogen-bond donors (Lipinski definition) is 0. The zero-order valence-electron chi connectivity index (χ0n) is 12.2. The molecule has 0 fully saturated rings. The van der Waals surface area contributed by atoms with Gasteiger partial charge < -0.3 is 9.64 Å². The lowest BCUT2D eigenvalue weighted by Gasteiger charge is -2.17. The Balaban J connectivity index is 1.84. The summed E-state index contributed by atoms with van der Waals surface area (Å²) in [4.78, 5) is 25.3. The molecular formula is C17H16BrNO3. The summed E-state index contributed by atoms with van der Waals surface area (Å²) < 4.78 is 5.92. The van der Waals surface area contributed by atoms with Crippen LogP contribution in [0.25, 0.3) is 0 Å². The molecule has 2 aromatic rings. The second kappa shape index (κ2) is 7.75. The topological polar surface area (TPSA) is 46.6 Å². The van der Waals surface area contributed by atoms with Crippen molar-refractivity contribution in [2.75, 3.05) is 13.7 Å². The van der Waals surface area contributed by atoms with Crippen LogP contribution in [0, 0.1) is 0 Å². The van der Waals surface area contributed by atoms with Crippen molar-refractivity contribution in [2.24, 2.45) is 0 Å². The molecule has 0 radical (unpaired) electrons. The molecule has 4 nitrogen and oxygen atoms in total. The minimum Gasteiger partial charge on any atom is -0.452 e. The van der Waals surface area contributed by atoms with Crippen molar-refractivity contribution in [3.05, 3.63) is 70.2 Å². The number of ether oxygens (including phenoxy) is 1. The maximum atomic E-state index is 12.0. The maximum absolute atomic E-state index is 12.0. The maximum Gasteiger partial charge on any atom is 0.338 e.